The largest absolute Gasteiger partial charge is 0.493 e. The third-order valence-electron chi connectivity index (χ3n) is 4.82. The van der Waals surface area contributed by atoms with Gasteiger partial charge in [-0.25, -0.2) is 14.8 Å². The Bertz CT molecular complexity index is 1180. The minimum absolute atomic E-state index is 0.0788. The Hall–Kier alpha value is -3.30. The zero-order valence-corrected chi connectivity index (χ0v) is 17.2. The molecule has 4 rings (SSSR count). The van der Waals surface area contributed by atoms with Gasteiger partial charge in [0.2, 0.25) is 0 Å². The molecule has 2 aromatic rings. The van der Waals surface area contributed by atoms with Gasteiger partial charge in [0.05, 0.1) is 39.2 Å². The summed E-state index contributed by atoms with van der Waals surface area (Å²) in [6, 6.07) is 6.86. The molecule has 0 bridgehead atoms. The van der Waals surface area contributed by atoms with Crippen molar-refractivity contribution in [3.05, 3.63) is 46.4 Å². The van der Waals surface area contributed by atoms with Crippen molar-refractivity contribution in [2.45, 2.75) is 32.0 Å². The number of carbonyl (C=O) groups excluding carboxylic acids is 1. The standard InChI is InChI=1S/C19H16F3N5O3S/c1-18(2)6-11-12(7-23)16(24)26(10-3-4-13-15(5-10)31-9-25-13)27(14(11)8-29-18)30-17(28)19(20,21)22/h3-5,9H,6,8,24H2,1-2H3. The van der Waals surface area contributed by atoms with Crippen LogP contribution in [0.1, 0.15) is 20.3 Å². The molecule has 0 radical (unpaired) electrons. The molecule has 0 spiro atoms. The zero-order valence-electron chi connectivity index (χ0n) is 16.4. The van der Waals surface area contributed by atoms with Crippen LogP contribution in [-0.4, -0.2) is 34.5 Å². The van der Waals surface area contributed by atoms with E-state index in [1.165, 1.54) is 11.3 Å². The van der Waals surface area contributed by atoms with Gasteiger partial charge < -0.3 is 15.3 Å². The number of carbonyl (C=O) groups is 1. The number of alkyl halides is 3. The number of anilines is 1. The Morgan fingerprint density at radius 3 is 2.84 bits per heavy atom. The van der Waals surface area contributed by atoms with Gasteiger partial charge in [0.25, 0.3) is 0 Å². The lowest BCUT2D eigenvalue weighted by atomic mass is 9.88. The first-order chi connectivity index (χ1) is 14.5. The van der Waals surface area contributed by atoms with E-state index in [0.717, 1.165) is 9.71 Å². The van der Waals surface area contributed by atoms with Crippen LogP contribution >= 0.6 is 11.3 Å². The molecule has 0 saturated carbocycles. The van der Waals surface area contributed by atoms with E-state index in [1.54, 1.807) is 37.6 Å². The van der Waals surface area contributed by atoms with Crippen LogP contribution in [0.2, 0.25) is 0 Å². The van der Waals surface area contributed by atoms with Crippen molar-refractivity contribution in [3.63, 3.8) is 0 Å². The Morgan fingerprint density at radius 2 is 2.16 bits per heavy atom. The summed E-state index contributed by atoms with van der Waals surface area (Å²) < 4.78 is 45.5. The van der Waals surface area contributed by atoms with E-state index in [2.05, 4.69) is 4.98 Å². The first-order valence-electron chi connectivity index (χ1n) is 9.00. The Kier molecular flexibility index (Phi) is 4.83. The van der Waals surface area contributed by atoms with Crippen molar-refractivity contribution in [3.8, 4) is 6.07 Å². The van der Waals surface area contributed by atoms with E-state index >= 15 is 0 Å². The summed E-state index contributed by atoms with van der Waals surface area (Å²) in [4.78, 5) is 20.6. The van der Waals surface area contributed by atoms with Crippen molar-refractivity contribution in [2.24, 2.45) is 5.73 Å². The number of benzene rings is 1. The lowest BCUT2D eigenvalue weighted by Gasteiger charge is -2.44. The molecule has 2 aliphatic heterocycles. The molecule has 162 valence electrons. The maximum atomic E-state index is 13.0. The Labute approximate surface area is 178 Å². The Balaban J connectivity index is 1.88. The van der Waals surface area contributed by atoms with Gasteiger partial charge in [0, 0.05) is 12.0 Å². The highest BCUT2D eigenvalue weighted by Gasteiger charge is 2.47. The second kappa shape index (κ2) is 7.14. The smallest absolute Gasteiger partial charge is 0.382 e. The third kappa shape index (κ3) is 3.66. The van der Waals surface area contributed by atoms with Gasteiger partial charge in [0.15, 0.2) is 0 Å². The first-order valence-corrected chi connectivity index (χ1v) is 9.88. The van der Waals surface area contributed by atoms with Gasteiger partial charge in [0.1, 0.15) is 17.6 Å². The number of fused-ring (bicyclic) bond motifs is 1. The fraction of sp³-hybridized carbons (Fsp3) is 0.316. The molecular formula is C19H16F3N5O3S. The molecule has 1 aromatic carbocycles. The SMILES string of the molecule is CC1(C)CC2=C(CO1)N(OC(=O)C(F)(F)F)N(c1ccc3ncsc3c1)C(N)=C2C#N. The third-order valence-corrected chi connectivity index (χ3v) is 5.61. The fourth-order valence-corrected chi connectivity index (χ4v) is 4.09. The van der Waals surface area contributed by atoms with Crippen LogP contribution in [0.15, 0.2) is 46.4 Å². The maximum absolute atomic E-state index is 13.0. The molecule has 2 aliphatic rings. The summed E-state index contributed by atoms with van der Waals surface area (Å²) >= 11 is 1.31. The summed E-state index contributed by atoms with van der Waals surface area (Å²) in [5.41, 5.74) is 8.66. The van der Waals surface area contributed by atoms with Gasteiger partial charge in [-0.3, -0.25) is 0 Å². The minimum Gasteiger partial charge on any atom is -0.382 e. The molecule has 0 fully saturated rings. The van der Waals surface area contributed by atoms with Crippen molar-refractivity contribution in [1.29, 1.82) is 5.26 Å². The zero-order chi connectivity index (χ0) is 22.6. The van der Waals surface area contributed by atoms with Gasteiger partial charge in [-0.15, -0.1) is 16.5 Å². The quantitative estimate of drug-likeness (QED) is 0.740. The first kappa shape index (κ1) is 21.0. The van der Waals surface area contributed by atoms with Crippen LogP contribution in [0.3, 0.4) is 0 Å². The van der Waals surface area contributed by atoms with Crippen molar-refractivity contribution < 1.29 is 27.5 Å². The summed E-state index contributed by atoms with van der Waals surface area (Å²) in [7, 11) is 0. The Morgan fingerprint density at radius 1 is 1.42 bits per heavy atom. The maximum Gasteiger partial charge on any atom is 0.493 e. The molecule has 8 nitrogen and oxygen atoms in total. The van der Waals surface area contributed by atoms with E-state index in [4.69, 9.17) is 15.3 Å². The number of nitrogens with two attached hydrogens (primary N) is 1. The molecule has 1 aromatic heterocycles. The normalized spacial score (nSPS) is 18.8. The molecule has 0 saturated heterocycles. The summed E-state index contributed by atoms with van der Waals surface area (Å²) in [5, 5.41) is 11.5. The molecule has 12 heteroatoms. The topological polar surface area (TPSA) is 105 Å². The second-order valence-corrected chi connectivity index (χ2v) is 8.37. The fourth-order valence-electron chi connectivity index (χ4n) is 3.38. The number of allylic oxidation sites excluding steroid dienone is 1. The van der Waals surface area contributed by atoms with Crippen LogP contribution in [-0.2, 0) is 14.4 Å². The van der Waals surface area contributed by atoms with Crippen LogP contribution in [0.25, 0.3) is 10.2 Å². The van der Waals surface area contributed by atoms with E-state index in [9.17, 15) is 23.2 Å². The van der Waals surface area contributed by atoms with E-state index in [1.807, 2.05) is 6.07 Å². The number of nitrogens with zero attached hydrogens (tertiary/aromatic N) is 4. The lowest BCUT2D eigenvalue weighted by molar-refractivity contribution is -0.236. The average Bonchev–Trinajstić information content (AvgIpc) is 3.14. The minimum atomic E-state index is -5.24. The molecule has 0 atom stereocenters. The highest BCUT2D eigenvalue weighted by atomic mass is 32.1. The summed E-state index contributed by atoms with van der Waals surface area (Å²) in [6.07, 6.45) is -5.05. The van der Waals surface area contributed by atoms with Gasteiger partial charge in [-0.1, -0.05) is 0 Å². The van der Waals surface area contributed by atoms with E-state index in [-0.39, 0.29) is 35.8 Å². The average molecular weight is 451 g/mol. The summed E-state index contributed by atoms with van der Waals surface area (Å²) in [6.45, 7) is 3.36. The number of hydrogen-bond donors (Lipinski definition) is 1. The molecular weight excluding hydrogens is 435 g/mol. The highest BCUT2D eigenvalue weighted by Crippen LogP contribution is 2.42. The number of rotatable bonds is 2. The monoisotopic (exact) mass is 451 g/mol. The van der Waals surface area contributed by atoms with Crippen LogP contribution in [0.4, 0.5) is 18.9 Å². The second-order valence-electron chi connectivity index (χ2n) is 7.49. The predicted octanol–water partition coefficient (Wildman–Crippen LogP) is 3.50. The van der Waals surface area contributed by atoms with E-state index < -0.39 is 17.7 Å². The van der Waals surface area contributed by atoms with Crippen LogP contribution in [0, 0.1) is 11.3 Å². The number of hydrazine groups is 1. The number of hydrogen-bond acceptors (Lipinski definition) is 9. The van der Waals surface area contributed by atoms with Crippen LogP contribution < -0.4 is 10.7 Å². The number of ether oxygens (including phenoxy) is 1. The van der Waals surface area contributed by atoms with Crippen molar-refractivity contribution in [2.75, 3.05) is 11.6 Å². The van der Waals surface area contributed by atoms with Crippen molar-refractivity contribution >= 4 is 33.2 Å². The molecule has 0 unspecified atom stereocenters. The number of nitriles is 1. The number of halogens is 3. The molecule has 0 aliphatic carbocycles. The molecule has 0 amide bonds. The van der Waals surface area contributed by atoms with Crippen molar-refractivity contribution in [1.82, 2.24) is 10.2 Å². The molecule has 2 N–H and O–H groups in total. The summed E-state index contributed by atoms with van der Waals surface area (Å²) in [5.74, 6) is -2.60. The number of hydroxylamine groups is 1. The highest BCUT2D eigenvalue weighted by molar-refractivity contribution is 7.16. The predicted molar refractivity (Wildman–Crippen MR) is 105 cm³/mol. The molecule has 31 heavy (non-hydrogen) atoms. The van der Waals surface area contributed by atoms with Gasteiger partial charge in [-0.05, 0) is 32.0 Å². The molecule has 3 heterocycles. The van der Waals surface area contributed by atoms with Gasteiger partial charge in [-0.2, -0.15) is 18.4 Å². The van der Waals surface area contributed by atoms with Gasteiger partial charge >= 0.3 is 12.1 Å². The van der Waals surface area contributed by atoms with Crippen LogP contribution in [0.5, 0.6) is 0 Å². The lowest BCUT2D eigenvalue weighted by Crippen LogP contribution is -2.53. The number of aromatic nitrogens is 1. The van der Waals surface area contributed by atoms with E-state index in [0.29, 0.717) is 16.3 Å². The number of thiazole rings is 1.